The first kappa shape index (κ1) is 23.2. The van der Waals surface area contributed by atoms with Crippen LogP contribution < -0.4 is 10.1 Å². The summed E-state index contributed by atoms with van der Waals surface area (Å²) < 4.78 is 45.7. The zero-order valence-electron chi connectivity index (χ0n) is 18.6. The summed E-state index contributed by atoms with van der Waals surface area (Å²) in [7, 11) is 0. The van der Waals surface area contributed by atoms with E-state index < -0.39 is 12.0 Å². The van der Waals surface area contributed by atoms with Crippen molar-refractivity contribution in [3.8, 4) is 11.5 Å². The lowest BCUT2D eigenvalue weighted by molar-refractivity contribution is -0.144. The van der Waals surface area contributed by atoms with E-state index in [0.29, 0.717) is 35.7 Å². The van der Waals surface area contributed by atoms with E-state index in [1.54, 1.807) is 13.8 Å². The number of carbonyl (C=O) groups excluding carboxylic acids is 1. The number of rotatable bonds is 7. The Labute approximate surface area is 193 Å². The van der Waals surface area contributed by atoms with Crippen LogP contribution in [0.4, 0.5) is 13.2 Å². The molecular formula is C24H22F3N5O2. The molecule has 0 unspecified atom stereocenters. The molecule has 0 aliphatic rings. The first-order valence-corrected chi connectivity index (χ1v) is 10.6. The molecule has 0 aliphatic heterocycles. The normalized spacial score (nSPS) is 11.6. The number of benzene rings is 2. The summed E-state index contributed by atoms with van der Waals surface area (Å²) in [6, 6.07) is 16.8. The number of nitrogens with one attached hydrogen (secondary N) is 1. The quantitative estimate of drug-likeness (QED) is 0.421. The molecule has 1 N–H and O–H groups in total. The maximum atomic E-state index is 12.9. The fourth-order valence-electron chi connectivity index (χ4n) is 3.56. The number of hydrogen-bond acceptors (Lipinski definition) is 5. The molecule has 0 aliphatic carbocycles. The second-order valence-corrected chi connectivity index (χ2v) is 7.75. The average molecular weight is 469 g/mol. The number of hydrogen-bond donors (Lipinski definition) is 1. The van der Waals surface area contributed by atoms with Crippen molar-refractivity contribution < 1.29 is 22.7 Å². The van der Waals surface area contributed by atoms with E-state index in [-0.39, 0.29) is 18.1 Å². The molecule has 0 bridgehead atoms. The van der Waals surface area contributed by atoms with Gasteiger partial charge < -0.3 is 10.1 Å². The van der Waals surface area contributed by atoms with Crippen molar-refractivity contribution in [2.24, 2.45) is 0 Å². The molecular weight excluding hydrogens is 447 g/mol. The third-order valence-electron chi connectivity index (χ3n) is 5.27. The second-order valence-electron chi connectivity index (χ2n) is 7.75. The first-order valence-electron chi connectivity index (χ1n) is 10.6. The van der Waals surface area contributed by atoms with Crippen molar-refractivity contribution in [3.05, 3.63) is 82.9 Å². The van der Waals surface area contributed by atoms with Gasteiger partial charge in [0.2, 0.25) is 5.91 Å². The van der Waals surface area contributed by atoms with Crippen molar-refractivity contribution in [1.29, 1.82) is 0 Å². The van der Waals surface area contributed by atoms with Crippen LogP contribution in [0.25, 0.3) is 5.78 Å². The number of nitrogens with zero attached hydrogens (tertiary/aromatic N) is 4. The summed E-state index contributed by atoms with van der Waals surface area (Å²) in [4.78, 5) is 20.0. The maximum absolute atomic E-state index is 12.9. The lowest BCUT2D eigenvalue weighted by Gasteiger charge is -2.11. The third kappa shape index (κ3) is 5.33. The number of amides is 1. The number of halogens is 3. The highest BCUT2D eigenvalue weighted by Gasteiger charge is 2.36. The van der Waals surface area contributed by atoms with Gasteiger partial charge in [-0.2, -0.15) is 18.2 Å². The van der Waals surface area contributed by atoms with Gasteiger partial charge in [-0.25, -0.2) is 9.50 Å². The second kappa shape index (κ2) is 9.50. The van der Waals surface area contributed by atoms with Crippen molar-refractivity contribution in [2.45, 2.75) is 39.4 Å². The Morgan fingerprint density at radius 3 is 2.50 bits per heavy atom. The number of para-hydroxylation sites is 1. The van der Waals surface area contributed by atoms with Crippen molar-refractivity contribution in [2.75, 3.05) is 0 Å². The standard InChI is InChI=1S/C24H22F3N5O2/c1-15-20(16(2)32-23(29-15)30-22(31-32)24(25,26)27)11-12-21(33)28-14-17-7-6-10-19(13-17)34-18-8-4-3-5-9-18/h3-10,13H,11-12,14H2,1-2H3,(H,28,33). The Balaban J connectivity index is 1.37. The molecule has 0 atom stereocenters. The highest BCUT2D eigenvalue weighted by atomic mass is 19.4. The first-order chi connectivity index (χ1) is 16.2. The molecule has 34 heavy (non-hydrogen) atoms. The summed E-state index contributed by atoms with van der Waals surface area (Å²) in [5.74, 6) is -0.170. The van der Waals surface area contributed by atoms with E-state index >= 15 is 0 Å². The third-order valence-corrected chi connectivity index (χ3v) is 5.27. The molecule has 0 saturated carbocycles. The SMILES string of the molecule is Cc1nc2nc(C(F)(F)F)nn2c(C)c1CCC(=O)NCc1cccc(Oc2ccccc2)c1. The molecule has 0 radical (unpaired) electrons. The number of aromatic nitrogens is 4. The number of fused-ring (bicyclic) bond motifs is 1. The van der Waals surface area contributed by atoms with Crippen LogP contribution in [-0.4, -0.2) is 25.5 Å². The fraction of sp³-hybridized carbons (Fsp3) is 0.250. The van der Waals surface area contributed by atoms with Gasteiger partial charge in [-0.1, -0.05) is 30.3 Å². The van der Waals surface area contributed by atoms with Gasteiger partial charge in [-0.05, 0) is 55.7 Å². The molecule has 0 spiro atoms. The number of alkyl halides is 3. The summed E-state index contributed by atoms with van der Waals surface area (Å²) >= 11 is 0. The van der Waals surface area contributed by atoms with E-state index in [4.69, 9.17) is 4.74 Å². The highest BCUT2D eigenvalue weighted by molar-refractivity contribution is 5.76. The van der Waals surface area contributed by atoms with Gasteiger partial charge >= 0.3 is 6.18 Å². The molecule has 2 aromatic carbocycles. The van der Waals surface area contributed by atoms with E-state index in [1.165, 1.54) is 0 Å². The zero-order valence-corrected chi connectivity index (χ0v) is 18.6. The minimum atomic E-state index is -4.66. The molecule has 0 fully saturated rings. The molecule has 4 aromatic rings. The van der Waals surface area contributed by atoms with Crippen LogP contribution >= 0.6 is 0 Å². The Morgan fingerprint density at radius 2 is 1.76 bits per heavy atom. The molecule has 2 aromatic heterocycles. The van der Waals surface area contributed by atoms with Gasteiger partial charge in [0.25, 0.3) is 11.6 Å². The number of ether oxygens (including phenoxy) is 1. The van der Waals surface area contributed by atoms with E-state index in [1.807, 2.05) is 54.6 Å². The lowest BCUT2D eigenvalue weighted by atomic mass is 10.1. The molecule has 2 heterocycles. The average Bonchev–Trinajstić information content (AvgIpc) is 3.23. The van der Waals surface area contributed by atoms with Gasteiger partial charge in [-0.15, -0.1) is 5.10 Å². The molecule has 0 saturated heterocycles. The molecule has 176 valence electrons. The number of aryl methyl sites for hydroxylation is 2. The fourth-order valence-corrected chi connectivity index (χ4v) is 3.56. The topological polar surface area (TPSA) is 81.4 Å². The van der Waals surface area contributed by atoms with Crippen LogP contribution in [-0.2, 0) is 23.9 Å². The maximum Gasteiger partial charge on any atom is 0.453 e. The number of carbonyl (C=O) groups is 1. The van der Waals surface area contributed by atoms with Crippen LogP contribution in [0.3, 0.4) is 0 Å². The van der Waals surface area contributed by atoms with Crippen LogP contribution in [0.2, 0.25) is 0 Å². The van der Waals surface area contributed by atoms with Gasteiger partial charge in [0.15, 0.2) is 0 Å². The van der Waals surface area contributed by atoms with Crippen molar-refractivity contribution >= 4 is 11.7 Å². The van der Waals surface area contributed by atoms with E-state index in [2.05, 4.69) is 20.4 Å². The lowest BCUT2D eigenvalue weighted by Crippen LogP contribution is -2.23. The van der Waals surface area contributed by atoms with Gasteiger partial charge in [0.05, 0.1) is 0 Å². The van der Waals surface area contributed by atoms with E-state index in [9.17, 15) is 18.0 Å². The Bertz CT molecular complexity index is 1320. The zero-order chi connectivity index (χ0) is 24.3. The predicted molar refractivity (Wildman–Crippen MR) is 118 cm³/mol. The smallest absolute Gasteiger partial charge is 0.453 e. The largest absolute Gasteiger partial charge is 0.457 e. The van der Waals surface area contributed by atoms with Crippen molar-refractivity contribution in [1.82, 2.24) is 24.9 Å². The van der Waals surface area contributed by atoms with Gasteiger partial charge in [0.1, 0.15) is 11.5 Å². The molecule has 1 amide bonds. The monoisotopic (exact) mass is 469 g/mol. The van der Waals surface area contributed by atoms with Gasteiger partial charge in [-0.3, -0.25) is 4.79 Å². The summed E-state index contributed by atoms with van der Waals surface area (Å²) in [5, 5.41) is 6.39. The molecule has 7 nitrogen and oxygen atoms in total. The Hall–Kier alpha value is -3.95. The Morgan fingerprint density at radius 1 is 1.03 bits per heavy atom. The summed E-state index contributed by atoms with van der Waals surface area (Å²) in [5.41, 5.74) is 2.54. The minimum absolute atomic E-state index is 0.117. The Kier molecular flexibility index (Phi) is 6.49. The summed E-state index contributed by atoms with van der Waals surface area (Å²) in [6.07, 6.45) is -4.20. The predicted octanol–water partition coefficient (Wildman–Crippen LogP) is 4.80. The van der Waals surface area contributed by atoms with Gasteiger partial charge in [0, 0.05) is 24.4 Å². The molecule has 4 rings (SSSR count). The van der Waals surface area contributed by atoms with Crippen molar-refractivity contribution in [3.63, 3.8) is 0 Å². The van der Waals surface area contributed by atoms with Crippen LogP contribution in [0.15, 0.2) is 54.6 Å². The molecule has 10 heteroatoms. The van der Waals surface area contributed by atoms with Crippen LogP contribution in [0.1, 0.15) is 34.8 Å². The van der Waals surface area contributed by atoms with E-state index in [0.717, 1.165) is 15.8 Å². The summed E-state index contributed by atoms with van der Waals surface area (Å²) in [6.45, 7) is 3.64. The minimum Gasteiger partial charge on any atom is -0.457 e. The van der Waals surface area contributed by atoms with Crippen LogP contribution in [0, 0.1) is 13.8 Å². The highest BCUT2D eigenvalue weighted by Crippen LogP contribution is 2.27. The van der Waals surface area contributed by atoms with Crippen LogP contribution in [0.5, 0.6) is 11.5 Å².